The maximum Gasteiger partial charge on any atom is 0.371 e. The van der Waals surface area contributed by atoms with Crippen LogP contribution in [0.3, 0.4) is 0 Å². The molecule has 0 bridgehead atoms. The van der Waals surface area contributed by atoms with Gasteiger partial charge in [-0.3, -0.25) is 0 Å². The second-order valence-corrected chi connectivity index (χ2v) is 6.04. The quantitative estimate of drug-likeness (QED) is 0.858. The fourth-order valence-corrected chi connectivity index (χ4v) is 2.65. The van der Waals surface area contributed by atoms with Crippen LogP contribution >= 0.6 is 0 Å². The van der Waals surface area contributed by atoms with Crippen LogP contribution in [-0.2, 0) is 0 Å². The molecule has 0 fully saturated rings. The topological polar surface area (TPSA) is 59.1 Å². The van der Waals surface area contributed by atoms with Gasteiger partial charge in [0.15, 0.2) is 5.84 Å². The molecule has 1 aromatic rings. The number of urea groups is 1. The molecule has 0 atom stereocenters. The van der Waals surface area contributed by atoms with Gasteiger partial charge in [-0.05, 0) is 31.4 Å². The van der Waals surface area contributed by atoms with Crippen LogP contribution in [-0.4, -0.2) is 28.6 Å². The fraction of sp³-hybridized carbons (Fsp3) is 0.353. The standard InChI is InChI=1S/C17H19N4O/c1-10(2)12-6-5-7-13(8-12)14-9-18-15-16(20-17(22)19-15)21(14)11(3)4/h5-11H,1-4H3. The summed E-state index contributed by atoms with van der Waals surface area (Å²) in [5.41, 5.74) is 3.29. The molecule has 0 unspecified atom stereocenters. The summed E-state index contributed by atoms with van der Waals surface area (Å²) >= 11 is 0. The fourth-order valence-electron chi connectivity index (χ4n) is 2.65. The largest absolute Gasteiger partial charge is 0.371 e. The van der Waals surface area contributed by atoms with Crippen LogP contribution < -0.4 is 5.32 Å². The molecule has 1 aromatic carbocycles. The van der Waals surface area contributed by atoms with Gasteiger partial charge >= 0.3 is 6.03 Å². The van der Waals surface area contributed by atoms with E-state index < -0.39 is 6.03 Å². The minimum Gasteiger partial charge on any atom is -0.319 e. The molecule has 0 aliphatic carbocycles. The Morgan fingerprint density at radius 3 is 2.59 bits per heavy atom. The number of carbonyl (C=O) groups excluding carboxylic acids is 1. The van der Waals surface area contributed by atoms with E-state index in [2.05, 4.69) is 67.3 Å². The summed E-state index contributed by atoms with van der Waals surface area (Å²) in [4.78, 5) is 21.8. The molecule has 5 nitrogen and oxygen atoms in total. The van der Waals surface area contributed by atoms with Crippen LogP contribution in [0.4, 0.5) is 4.79 Å². The number of carbonyl (C=O) groups is 1. The van der Waals surface area contributed by atoms with Crippen molar-refractivity contribution in [2.45, 2.75) is 39.7 Å². The Morgan fingerprint density at radius 2 is 1.91 bits per heavy atom. The van der Waals surface area contributed by atoms with Crippen molar-refractivity contribution in [2.75, 3.05) is 0 Å². The number of rotatable bonds is 3. The molecule has 2 aliphatic heterocycles. The van der Waals surface area contributed by atoms with Gasteiger partial charge in [-0.2, -0.15) is 10.3 Å². The van der Waals surface area contributed by atoms with Crippen molar-refractivity contribution in [3.8, 4) is 0 Å². The normalized spacial score (nSPS) is 17.3. The van der Waals surface area contributed by atoms with Gasteiger partial charge in [-0.25, -0.2) is 9.79 Å². The van der Waals surface area contributed by atoms with Gasteiger partial charge in [0.25, 0.3) is 0 Å². The van der Waals surface area contributed by atoms with E-state index in [1.807, 2.05) is 4.90 Å². The van der Waals surface area contributed by atoms with Crippen molar-refractivity contribution in [1.29, 1.82) is 0 Å². The van der Waals surface area contributed by atoms with Gasteiger partial charge in [0.05, 0.1) is 11.9 Å². The van der Waals surface area contributed by atoms with Crippen molar-refractivity contribution >= 4 is 23.4 Å². The summed E-state index contributed by atoms with van der Waals surface area (Å²) in [6.45, 7) is 8.47. The second kappa shape index (κ2) is 5.40. The Balaban J connectivity index is 2.08. The van der Waals surface area contributed by atoms with E-state index in [-0.39, 0.29) is 6.04 Å². The Hall–Kier alpha value is -2.43. The smallest absolute Gasteiger partial charge is 0.319 e. The van der Waals surface area contributed by atoms with Gasteiger partial charge in [0.1, 0.15) is 0 Å². The molecule has 113 valence electrons. The average molecular weight is 295 g/mol. The van der Waals surface area contributed by atoms with E-state index in [1.54, 1.807) is 6.20 Å². The molecular weight excluding hydrogens is 276 g/mol. The minimum absolute atomic E-state index is 0.152. The summed E-state index contributed by atoms with van der Waals surface area (Å²) in [5.74, 6) is 1.41. The van der Waals surface area contributed by atoms with Gasteiger partial charge in [-0.15, -0.1) is 0 Å². The molecule has 2 aliphatic rings. The number of amides is 2. The summed E-state index contributed by atoms with van der Waals surface area (Å²) in [5, 5.41) is 3.84. The van der Waals surface area contributed by atoms with E-state index in [1.165, 1.54) is 5.56 Å². The zero-order valence-corrected chi connectivity index (χ0v) is 13.2. The predicted molar refractivity (Wildman–Crippen MR) is 87.9 cm³/mol. The van der Waals surface area contributed by atoms with Gasteiger partial charge < -0.3 is 4.90 Å². The third-order valence-corrected chi connectivity index (χ3v) is 3.77. The zero-order chi connectivity index (χ0) is 15.9. The lowest BCUT2D eigenvalue weighted by Crippen LogP contribution is -2.42. The van der Waals surface area contributed by atoms with E-state index in [0.717, 1.165) is 11.3 Å². The van der Waals surface area contributed by atoms with Crippen molar-refractivity contribution in [1.82, 2.24) is 10.2 Å². The van der Waals surface area contributed by atoms with Gasteiger partial charge in [0.2, 0.25) is 5.84 Å². The Bertz CT molecular complexity index is 713. The van der Waals surface area contributed by atoms with Crippen molar-refractivity contribution in [3.05, 3.63) is 41.6 Å². The number of hydrogen-bond donors (Lipinski definition) is 0. The molecular formula is C17H19N4O. The number of hydrogen-bond acceptors (Lipinski definition) is 3. The number of benzene rings is 1. The van der Waals surface area contributed by atoms with Gasteiger partial charge in [-0.1, -0.05) is 32.0 Å². The lowest BCUT2D eigenvalue weighted by molar-refractivity contribution is 0.253. The van der Waals surface area contributed by atoms with Crippen LogP contribution in [0.5, 0.6) is 0 Å². The molecule has 0 spiro atoms. The highest BCUT2D eigenvalue weighted by atomic mass is 16.2. The minimum atomic E-state index is -0.481. The van der Waals surface area contributed by atoms with Crippen LogP contribution in [0.2, 0.25) is 0 Å². The Labute approximate surface area is 130 Å². The first-order chi connectivity index (χ1) is 10.5. The molecule has 0 saturated heterocycles. The zero-order valence-electron chi connectivity index (χ0n) is 13.2. The third-order valence-electron chi connectivity index (χ3n) is 3.77. The van der Waals surface area contributed by atoms with Crippen LogP contribution in [0.25, 0.3) is 5.70 Å². The SMILES string of the molecule is CC(C)c1cccc(C2=CN=C3[N]C(=O)N=C3N2C(C)C)c1. The molecule has 2 amide bonds. The monoisotopic (exact) mass is 295 g/mol. The van der Waals surface area contributed by atoms with Crippen molar-refractivity contribution < 1.29 is 4.79 Å². The summed E-state index contributed by atoms with van der Waals surface area (Å²) in [6, 6.07) is 8.07. The lowest BCUT2D eigenvalue weighted by atomic mass is 9.99. The van der Waals surface area contributed by atoms with E-state index in [0.29, 0.717) is 17.6 Å². The van der Waals surface area contributed by atoms with Crippen LogP contribution in [0, 0.1) is 0 Å². The maximum atomic E-state index is 11.5. The van der Waals surface area contributed by atoms with E-state index in [9.17, 15) is 4.79 Å². The van der Waals surface area contributed by atoms with E-state index in [4.69, 9.17) is 0 Å². The summed E-state index contributed by atoms with van der Waals surface area (Å²) in [7, 11) is 0. The van der Waals surface area contributed by atoms with Crippen LogP contribution in [0.1, 0.15) is 44.7 Å². The predicted octanol–water partition coefficient (Wildman–Crippen LogP) is 3.37. The second-order valence-electron chi connectivity index (χ2n) is 6.04. The Morgan fingerprint density at radius 1 is 1.14 bits per heavy atom. The Kier molecular flexibility index (Phi) is 3.56. The number of fused-ring (bicyclic) bond motifs is 1. The van der Waals surface area contributed by atoms with Gasteiger partial charge in [0, 0.05) is 11.6 Å². The molecule has 0 saturated carbocycles. The molecule has 22 heavy (non-hydrogen) atoms. The number of amidine groups is 2. The number of aliphatic imine (C=N–C) groups is 2. The molecule has 3 rings (SSSR count). The first-order valence-electron chi connectivity index (χ1n) is 7.49. The average Bonchev–Trinajstić information content (AvgIpc) is 2.86. The molecule has 1 radical (unpaired) electrons. The molecule has 2 heterocycles. The molecule has 5 heteroatoms. The highest BCUT2D eigenvalue weighted by Crippen LogP contribution is 2.29. The first-order valence-corrected chi connectivity index (χ1v) is 7.49. The summed E-state index contributed by atoms with van der Waals surface area (Å²) < 4.78 is 0. The highest BCUT2D eigenvalue weighted by Gasteiger charge is 2.34. The number of nitrogens with zero attached hydrogens (tertiary/aromatic N) is 4. The van der Waals surface area contributed by atoms with Crippen molar-refractivity contribution in [3.63, 3.8) is 0 Å². The van der Waals surface area contributed by atoms with E-state index >= 15 is 0 Å². The lowest BCUT2D eigenvalue weighted by Gasteiger charge is -2.32. The van der Waals surface area contributed by atoms with Crippen LogP contribution in [0.15, 0.2) is 40.5 Å². The van der Waals surface area contributed by atoms with Crippen molar-refractivity contribution in [2.24, 2.45) is 9.98 Å². The molecule has 0 aromatic heterocycles. The molecule has 0 N–H and O–H groups in total. The third kappa shape index (κ3) is 2.43. The first kappa shape index (κ1) is 14.5. The maximum absolute atomic E-state index is 11.5. The summed E-state index contributed by atoms with van der Waals surface area (Å²) in [6.07, 6.45) is 1.77. The highest BCUT2D eigenvalue weighted by molar-refractivity contribution is 6.49.